The molecule has 140 valence electrons. The monoisotopic (exact) mass is 373 g/mol. The molecule has 3 amide bonds. The molecule has 28 heavy (non-hydrogen) atoms. The Morgan fingerprint density at radius 3 is 2.43 bits per heavy atom. The number of amides is 3. The summed E-state index contributed by atoms with van der Waals surface area (Å²) in [6, 6.07) is 15.0. The van der Waals surface area contributed by atoms with Gasteiger partial charge < -0.3 is 9.88 Å². The van der Waals surface area contributed by atoms with Crippen molar-refractivity contribution in [3.8, 4) is 0 Å². The van der Waals surface area contributed by atoms with Gasteiger partial charge in [0, 0.05) is 24.3 Å². The highest BCUT2D eigenvalue weighted by atomic mass is 16.2. The summed E-state index contributed by atoms with van der Waals surface area (Å²) in [7, 11) is 0. The fraction of sp³-hybridized carbons (Fsp3) is 0.227. The zero-order chi connectivity index (χ0) is 19.3. The number of benzene rings is 2. The van der Waals surface area contributed by atoms with Crippen LogP contribution in [0.2, 0.25) is 0 Å². The van der Waals surface area contributed by atoms with Crippen LogP contribution in [0.1, 0.15) is 39.1 Å². The van der Waals surface area contributed by atoms with Gasteiger partial charge in [0.2, 0.25) is 5.91 Å². The number of aromatic amines is 1. The number of H-pyrrole nitrogens is 1. The van der Waals surface area contributed by atoms with Crippen LogP contribution >= 0.6 is 0 Å². The molecule has 2 aliphatic rings. The highest BCUT2D eigenvalue weighted by Crippen LogP contribution is 2.30. The third kappa shape index (κ3) is 2.78. The lowest BCUT2D eigenvalue weighted by Crippen LogP contribution is -2.43. The standard InChI is InChI=1S/C22H19N3O3/c26-20(13-25-21(27)17-3-1-2-4-18(17)22(25)28)24(16-7-8-16)12-14-5-6-15-9-10-23-19(15)11-14/h1-6,9-11,16,23H,7-8,12-13H2. The second-order valence-corrected chi connectivity index (χ2v) is 7.39. The van der Waals surface area contributed by atoms with E-state index in [2.05, 4.69) is 4.98 Å². The second-order valence-electron chi connectivity index (χ2n) is 7.39. The van der Waals surface area contributed by atoms with Crippen molar-refractivity contribution in [2.45, 2.75) is 25.4 Å². The van der Waals surface area contributed by atoms with Crippen molar-refractivity contribution in [3.63, 3.8) is 0 Å². The number of nitrogens with one attached hydrogen (secondary N) is 1. The van der Waals surface area contributed by atoms with Crippen LogP contribution in [0.25, 0.3) is 10.9 Å². The molecule has 1 aromatic heterocycles. The lowest BCUT2D eigenvalue weighted by molar-refractivity contribution is -0.132. The largest absolute Gasteiger partial charge is 0.361 e. The first-order valence-corrected chi connectivity index (χ1v) is 9.42. The fourth-order valence-electron chi connectivity index (χ4n) is 3.81. The molecule has 1 aliphatic heterocycles. The van der Waals surface area contributed by atoms with E-state index in [9.17, 15) is 14.4 Å². The van der Waals surface area contributed by atoms with E-state index in [0.717, 1.165) is 34.2 Å². The molecule has 2 aromatic carbocycles. The number of rotatable bonds is 5. The number of aromatic nitrogens is 1. The first kappa shape index (κ1) is 16.7. The van der Waals surface area contributed by atoms with Gasteiger partial charge in [-0.25, -0.2) is 0 Å². The van der Waals surface area contributed by atoms with Crippen molar-refractivity contribution in [1.82, 2.24) is 14.8 Å². The fourth-order valence-corrected chi connectivity index (χ4v) is 3.81. The number of carbonyl (C=O) groups is 3. The van der Waals surface area contributed by atoms with Crippen LogP contribution in [0.15, 0.2) is 54.7 Å². The lowest BCUT2D eigenvalue weighted by Gasteiger charge is -2.25. The van der Waals surface area contributed by atoms with Crippen molar-refractivity contribution >= 4 is 28.6 Å². The van der Waals surface area contributed by atoms with Crippen molar-refractivity contribution in [2.75, 3.05) is 6.54 Å². The Bertz CT molecular complexity index is 1080. The molecule has 6 nitrogen and oxygen atoms in total. The Labute approximate surface area is 161 Å². The van der Waals surface area contributed by atoms with Gasteiger partial charge in [0.15, 0.2) is 0 Å². The molecule has 0 unspecified atom stereocenters. The maximum Gasteiger partial charge on any atom is 0.262 e. The summed E-state index contributed by atoms with van der Waals surface area (Å²) in [4.78, 5) is 44.2. The Morgan fingerprint density at radius 2 is 1.75 bits per heavy atom. The van der Waals surface area contributed by atoms with Gasteiger partial charge in [-0.3, -0.25) is 19.3 Å². The van der Waals surface area contributed by atoms with E-state index in [1.807, 2.05) is 30.5 Å². The first-order valence-electron chi connectivity index (χ1n) is 9.42. The van der Waals surface area contributed by atoms with Crippen LogP contribution in [0.3, 0.4) is 0 Å². The summed E-state index contributed by atoms with van der Waals surface area (Å²) in [5.74, 6) is -0.974. The van der Waals surface area contributed by atoms with E-state index in [0.29, 0.717) is 17.7 Å². The normalized spacial score (nSPS) is 15.9. The molecule has 1 aliphatic carbocycles. The Kier molecular flexibility index (Phi) is 3.79. The summed E-state index contributed by atoms with van der Waals surface area (Å²) in [6.07, 6.45) is 3.80. The van der Waals surface area contributed by atoms with Gasteiger partial charge in [-0.2, -0.15) is 0 Å². The average Bonchev–Trinajstić information content (AvgIpc) is 3.40. The van der Waals surface area contributed by atoms with E-state index in [1.54, 1.807) is 29.2 Å². The summed E-state index contributed by atoms with van der Waals surface area (Å²) in [5.41, 5.74) is 2.80. The van der Waals surface area contributed by atoms with Gasteiger partial charge in [0.1, 0.15) is 6.54 Å². The Balaban J connectivity index is 1.35. The number of carbonyl (C=O) groups excluding carboxylic acids is 3. The number of hydrogen-bond acceptors (Lipinski definition) is 3. The predicted molar refractivity (Wildman–Crippen MR) is 104 cm³/mol. The van der Waals surface area contributed by atoms with Crippen LogP contribution in [-0.4, -0.2) is 45.1 Å². The molecule has 3 aromatic rings. The Hall–Kier alpha value is -3.41. The van der Waals surface area contributed by atoms with Gasteiger partial charge in [-0.15, -0.1) is 0 Å². The third-order valence-corrected chi connectivity index (χ3v) is 5.45. The van der Waals surface area contributed by atoms with E-state index >= 15 is 0 Å². The topological polar surface area (TPSA) is 73.5 Å². The van der Waals surface area contributed by atoms with E-state index in [1.165, 1.54) is 0 Å². The number of hydrogen-bond donors (Lipinski definition) is 1. The maximum absolute atomic E-state index is 13.0. The molecular weight excluding hydrogens is 354 g/mol. The third-order valence-electron chi connectivity index (χ3n) is 5.45. The van der Waals surface area contributed by atoms with Crippen molar-refractivity contribution < 1.29 is 14.4 Å². The molecule has 0 saturated heterocycles. The molecule has 5 rings (SSSR count). The minimum Gasteiger partial charge on any atom is -0.361 e. The first-order chi connectivity index (χ1) is 13.6. The minimum atomic E-state index is -0.391. The predicted octanol–water partition coefficient (Wildman–Crippen LogP) is 2.96. The van der Waals surface area contributed by atoms with Crippen LogP contribution in [0.5, 0.6) is 0 Å². The van der Waals surface area contributed by atoms with Crippen LogP contribution in [-0.2, 0) is 11.3 Å². The quantitative estimate of drug-likeness (QED) is 0.699. The Morgan fingerprint density at radius 1 is 1.04 bits per heavy atom. The molecular formula is C22H19N3O3. The number of fused-ring (bicyclic) bond motifs is 2. The molecule has 2 heterocycles. The number of imide groups is 1. The van der Waals surface area contributed by atoms with Gasteiger partial charge in [-0.1, -0.05) is 24.3 Å². The van der Waals surface area contributed by atoms with Crippen molar-refractivity contribution in [1.29, 1.82) is 0 Å². The van der Waals surface area contributed by atoms with Crippen LogP contribution < -0.4 is 0 Å². The molecule has 1 fully saturated rings. The van der Waals surface area contributed by atoms with Crippen LogP contribution in [0.4, 0.5) is 0 Å². The smallest absolute Gasteiger partial charge is 0.262 e. The minimum absolute atomic E-state index is 0.182. The van der Waals surface area contributed by atoms with Crippen LogP contribution in [0, 0.1) is 0 Å². The van der Waals surface area contributed by atoms with Gasteiger partial charge >= 0.3 is 0 Å². The van der Waals surface area contributed by atoms with E-state index < -0.39 is 11.8 Å². The second kappa shape index (κ2) is 6.34. The highest BCUT2D eigenvalue weighted by molar-refractivity contribution is 6.22. The average molecular weight is 373 g/mol. The number of nitrogens with zero attached hydrogens (tertiary/aromatic N) is 2. The zero-order valence-electron chi connectivity index (χ0n) is 15.2. The van der Waals surface area contributed by atoms with Gasteiger partial charge in [0.05, 0.1) is 11.1 Å². The molecule has 6 heteroatoms. The van der Waals surface area contributed by atoms with Gasteiger partial charge in [-0.05, 0) is 48.1 Å². The van der Waals surface area contributed by atoms with Crippen molar-refractivity contribution in [2.24, 2.45) is 0 Å². The molecule has 1 N–H and O–H groups in total. The zero-order valence-corrected chi connectivity index (χ0v) is 15.2. The van der Waals surface area contributed by atoms with Gasteiger partial charge in [0.25, 0.3) is 11.8 Å². The van der Waals surface area contributed by atoms with Crippen molar-refractivity contribution in [3.05, 3.63) is 71.4 Å². The van der Waals surface area contributed by atoms with E-state index in [4.69, 9.17) is 0 Å². The molecule has 1 saturated carbocycles. The SMILES string of the molecule is O=C1c2ccccc2C(=O)N1CC(=O)N(Cc1ccc2cc[nH]c2c1)C1CC1. The lowest BCUT2D eigenvalue weighted by atomic mass is 10.1. The highest BCUT2D eigenvalue weighted by Gasteiger charge is 2.39. The summed E-state index contributed by atoms with van der Waals surface area (Å²) < 4.78 is 0. The summed E-state index contributed by atoms with van der Waals surface area (Å²) in [5, 5.41) is 1.12. The summed E-state index contributed by atoms with van der Waals surface area (Å²) >= 11 is 0. The van der Waals surface area contributed by atoms with E-state index in [-0.39, 0.29) is 18.5 Å². The molecule has 0 bridgehead atoms. The summed E-state index contributed by atoms with van der Waals surface area (Å²) in [6.45, 7) is 0.259. The maximum atomic E-state index is 13.0. The molecule has 0 radical (unpaired) electrons. The molecule has 0 atom stereocenters. The molecule has 0 spiro atoms.